The van der Waals surface area contributed by atoms with Crippen molar-refractivity contribution >= 4 is 0 Å². The van der Waals surface area contributed by atoms with Gasteiger partial charge in [-0.2, -0.15) is 0 Å². The summed E-state index contributed by atoms with van der Waals surface area (Å²) in [6.07, 6.45) is -0.380. The molecule has 0 saturated heterocycles. The van der Waals surface area contributed by atoms with Crippen molar-refractivity contribution in [3.05, 3.63) is 0 Å². The van der Waals surface area contributed by atoms with Gasteiger partial charge in [-0.25, -0.2) is 0 Å². The predicted octanol–water partition coefficient (Wildman–Crippen LogP) is -1.08. The monoisotopic (exact) mass is 118 g/mol. The fourth-order valence-corrected chi connectivity index (χ4v) is 0.394. The van der Waals surface area contributed by atoms with Crippen LogP contribution in [0.1, 0.15) is 6.92 Å². The van der Waals surface area contributed by atoms with E-state index in [1.807, 2.05) is 6.92 Å². The van der Waals surface area contributed by atoms with Crippen molar-refractivity contribution in [3.63, 3.8) is 0 Å². The first-order chi connectivity index (χ1) is 3.81. The Labute approximate surface area is 49.9 Å². The molecular formula is C5H14N2O. The number of nitrogens with one attached hydrogen (secondary N) is 1. The van der Waals surface area contributed by atoms with Gasteiger partial charge in [0.15, 0.2) is 0 Å². The van der Waals surface area contributed by atoms with Crippen molar-refractivity contribution in [2.45, 2.75) is 13.0 Å². The lowest BCUT2D eigenvalue weighted by Gasteiger charge is -2.05. The molecular weight excluding hydrogens is 104 g/mol. The van der Waals surface area contributed by atoms with Crippen LogP contribution in [0.3, 0.4) is 0 Å². The van der Waals surface area contributed by atoms with E-state index in [2.05, 4.69) is 5.32 Å². The number of hydrogen-bond acceptors (Lipinski definition) is 3. The predicted molar refractivity (Wildman–Crippen MR) is 33.6 cm³/mol. The minimum atomic E-state index is -0.380. The van der Waals surface area contributed by atoms with Crippen molar-refractivity contribution in [2.24, 2.45) is 5.73 Å². The Bertz CT molecular complexity index is 49.7. The third-order valence-corrected chi connectivity index (χ3v) is 0.902. The highest BCUT2D eigenvalue weighted by Gasteiger charge is 1.95. The third-order valence-electron chi connectivity index (χ3n) is 0.902. The summed E-state index contributed by atoms with van der Waals surface area (Å²) in [6, 6.07) is 0. The number of hydrogen-bond donors (Lipinski definition) is 3. The summed E-state index contributed by atoms with van der Waals surface area (Å²) < 4.78 is 0. The molecule has 0 bridgehead atoms. The molecule has 0 aliphatic heterocycles. The van der Waals surface area contributed by atoms with Crippen molar-refractivity contribution in [2.75, 3.05) is 19.6 Å². The third kappa shape index (κ3) is 4.05. The van der Waals surface area contributed by atoms with Gasteiger partial charge in [-0.05, 0) is 6.54 Å². The van der Waals surface area contributed by atoms with E-state index in [9.17, 15) is 0 Å². The second-order valence-corrected chi connectivity index (χ2v) is 1.70. The maximum absolute atomic E-state index is 8.80. The van der Waals surface area contributed by atoms with E-state index in [1.54, 1.807) is 0 Å². The molecule has 3 nitrogen and oxygen atoms in total. The molecule has 0 amide bonds. The minimum absolute atomic E-state index is 0.340. The summed E-state index contributed by atoms with van der Waals surface area (Å²) in [6.45, 7) is 3.82. The Kier molecular flexibility index (Phi) is 4.95. The Hall–Kier alpha value is -0.120. The molecule has 0 fully saturated rings. The molecule has 0 aliphatic carbocycles. The standard InChI is InChI=1S/C5H14N2O/c1-2-7-4-5(8)3-6/h5,7-8H,2-4,6H2,1H3/t5-/m1/s1. The second-order valence-electron chi connectivity index (χ2n) is 1.70. The molecule has 0 heterocycles. The number of aliphatic hydroxyl groups is 1. The molecule has 50 valence electrons. The van der Waals surface area contributed by atoms with Crippen molar-refractivity contribution < 1.29 is 5.11 Å². The molecule has 4 N–H and O–H groups in total. The molecule has 0 unspecified atom stereocenters. The van der Waals surface area contributed by atoms with E-state index < -0.39 is 0 Å². The van der Waals surface area contributed by atoms with Crippen LogP contribution >= 0.6 is 0 Å². The largest absolute Gasteiger partial charge is 0.390 e. The van der Waals surface area contributed by atoms with Crippen molar-refractivity contribution in [3.8, 4) is 0 Å². The molecule has 0 aliphatic rings. The molecule has 1 atom stereocenters. The first-order valence-electron chi connectivity index (χ1n) is 2.90. The van der Waals surface area contributed by atoms with E-state index in [-0.39, 0.29) is 6.10 Å². The summed E-state index contributed by atoms with van der Waals surface area (Å²) >= 11 is 0. The first kappa shape index (κ1) is 7.88. The van der Waals surface area contributed by atoms with Crippen LogP contribution in [0.2, 0.25) is 0 Å². The van der Waals surface area contributed by atoms with E-state index >= 15 is 0 Å². The van der Waals surface area contributed by atoms with Gasteiger partial charge in [0, 0.05) is 13.1 Å². The lowest BCUT2D eigenvalue weighted by molar-refractivity contribution is 0.180. The highest BCUT2D eigenvalue weighted by Crippen LogP contribution is 1.71. The van der Waals surface area contributed by atoms with E-state index in [1.165, 1.54) is 0 Å². The normalized spacial score (nSPS) is 13.9. The van der Waals surface area contributed by atoms with Crippen molar-refractivity contribution in [1.82, 2.24) is 5.32 Å². The highest BCUT2D eigenvalue weighted by molar-refractivity contribution is 4.57. The summed E-state index contributed by atoms with van der Waals surface area (Å²) in [5.74, 6) is 0. The molecule has 0 rings (SSSR count). The smallest absolute Gasteiger partial charge is 0.0786 e. The Morgan fingerprint density at radius 1 is 1.75 bits per heavy atom. The Morgan fingerprint density at radius 3 is 2.75 bits per heavy atom. The van der Waals surface area contributed by atoms with Gasteiger partial charge in [0.05, 0.1) is 6.10 Å². The van der Waals surface area contributed by atoms with Crippen LogP contribution in [0.4, 0.5) is 0 Å². The van der Waals surface area contributed by atoms with Crippen LogP contribution < -0.4 is 11.1 Å². The first-order valence-corrected chi connectivity index (χ1v) is 2.90. The molecule has 0 aromatic heterocycles. The van der Waals surface area contributed by atoms with Crippen LogP contribution in [0.5, 0.6) is 0 Å². The number of likely N-dealkylation sites (N-methyl/N-ethyl adjacent to an activating group) is 1. The fraction of sp³-hybridized carbons (Fsp3) is 1.00. The summed E-state index contributed by atoms with van der Waals surface area (Å²) in [5.41, 5.74) is 5.12. The SMILES string of the molecule is CCNC[C@H](O)CN. The fourth-order valence-electron chi connectivity index (χ4n) is 0.394. The van der Waals surface area contributed by atoms with E-state index in [0.29, 0.717) is 13.1 Å². The molecule has 0 radical (unpaired) electrons. The van der Waals surface area contributed by atoms with Gasteiger partial charge >= 0.3 is 0 Å². The Morgan fingerprint density at radius 2 is 2.38 bits per heavy atom. The average Bonchev–Trinajstić information content (AvgIpc) is 1.83. The van der Waals surface area contributed by atoms with Crippen LogP contribution in [0, 0.1) is 0 Å². The van der Waals surface area contributed by atoms with Crippen LogP contribution in [-0.4, -0.2) is 30.8 Å². The summed E-state index contributed by atoms with van der Waals surface area (Å²) in [7, 11) is 0. The number of rotatable bonds is 4. The average molecular weight is 118 g/mol. The zero-order chi connectivity index (χ0) is 6.41. The lowest BCUT2D eigenvalue weighted by atomic mass is 10.3. The van der Waals surface area contributed by atoms with Gasteiger partial charge in [-0.3, -0.25) is 0 Å². The summed E-state index contributed by atoms with van der Waals surface area (Å²) in [5, 5.41) is 11.8. The van der Waals surface area contributed by atoms with E-state index in [0.717, 1.165) is 6.54 Å². The lowest BCUT2D eigenvalue weighted by Crippen LogP contribution is -2.32. The zero-order valence-corrected chi connectivity index (χ0v) is 5.22. The van der Waals surface area contributed by atoms with Gasteiger partial charge in [-0.1, -0.05) is 6.92 Å². The number of nitrogens with two attached hydrogens (primary N) is 1. The van der Waals surface area contributed by atoms with Crippen LogP contribution in [0.15, 0.2) is 0 Å². The van der Waals surface area contributed by atoms with Gasteiger partial charge in [-0.15, -0.1) is 0 Å². The second kappa shape index (κ2) is 5.03. The van der Waals surface area contributed by atoms with Gasteiger partial charge < -0.3 is 16.2 Å². The maximum atomic E-state index is 8.80. The van der Waals surface area contributed by atoms with Crippen molar-refractivity contribution in [1.29, 1.82) is 0 Å². The molecule has 3 heteroatoms. The molecule has 0 saturated carbocycles. The quantitative estimate of drug-likeness (QED) is 0.440. The zero-order valence-electron chi connectivity index (χ0n) is 5.22. The summed E-state index contributed by atoms with van der Waals surface area (Å²) in [4.78, 5) is 0. The molecule has 0 spiro atoms. The topological polar surface area (TPSA) is 58.3 Å². The maximum Gasteiger partial charge on any atom is 0.0786 e. The molecule has 0 aromatic carbocycles. The minimum Gasteiger partial charge on any atom is -0.390 e. The van der Waals surface area contributed by atoms with Gasteiger partial charge in [0.1, 0.15) is 0 Å². The number of aliphatic hydroxyl groups excluding tert-OH is 1. The van der Waals surface area contributed by atoms with E-state index in [4.69, 9.17) is 10.8 Å². The highest BCUT2D eigenvalue weighted by atomic mass is 16.3. The van der Waals surface area contributed by atoms with Gasteiger partial charge in [0.25, 0.3) is 0 Å². The van der Waals surface area contributed by atoms with Crippen LogP contribution in [-0.2, 0) is 0 Å². The Balaban J connectivity index is 2.86. The van der Waals surface area contributed by atoms with Gasteiger partial charge in [0.2, 0.25) is 0 Å². The molecule has 8 heavy (non-hydrogen) atoms. The molecule has 0 aromatic rings. The van der Waals surface area contributed by atoms with Crippen LogP contribution in [0.25, 0.3) is 0 Å².